The van der Waals surface area contributed by atoms with Crippen LogP contribution in [0.1, 0.15) is 6.92 Å². The van der Waals surface area contributed by atoms with Crippen LogP contribution in [0.4, 0.5) is 22.0 Å². The highest BCUT2D eigenvalue weighted by Crippen LogP contribution is 2.22. The summed E-state index contributed by atoms with van der Waals surface area (Å²) in [5.74, 6) is 0.570. The number of aromatic nitrogens is 2. The van der Waals surface area contributed by atoms with Crippen LogP contribution in [0.5, 0.6) is 0 Å². The predicted octanol–water partition coefficient (Wildman–Crippen LogP) is 2.47. The second kappa shape index (κ2) is 7.36. The van der Waals surface area contributed by atoms with Gasteiger partial charge in [-0.3, -0.25) is 4.79 Å². The zero-order chi connectivity index (χ0) is 18.8. The number of aryl methyl sites for hydroxylation is 1. The molecule has 3 heterocycles. The maximum Gasteiger partial charge on any atom is 0.407 e. The van der Waals surface area contributed by atoms with Gasteiger partial charge in [0.1, 0.15) is 11.5 Å². The number of hydrogen-bond donors (Lipinski definition) is 2. The minimum atomic E-state index is -0.884. The molecular weight excluding hydrogens is 402 g/mol. The number of pyridine rings is 2. The summed E-state index contributed by atoms with van der Waals surface area (Å²) in [5, 5.41) is 12.1. The van der Waals surface area contributed by atoms with Gasteiger partial charge < -0.3 is 24.8 Å². The van der Waals surface area contributed by atoms with Crippen molar-refractivity contribution in [2.75, 3.05) is 29.9 Å². The van der Waals surface area contributed by atoms with Crippen molar-refractivity contribution in [1.82, 2.24) is 14.5 Å². The van der Waals surface area contributed by atoms with Crippen molar-refractivity contribution in [3.05, 3.63) is 45.4 Å². The van der Waals surface area contributed by atoms with E-state index < -0.39 is 6.09 Å². The Labute approximate surface area is 159 Å². The van der Waals surface area contributed by atoms with Gasteiger partial charge >= 0.3 is 6.09 Å². The Bertz CT molecular complexity index is 868. The number of piperazine rings is 1. The fourth-order valence-corrected chi connectivity index (χ4v) is 3.58. The number of halogens is 1. The van der Waals surface area contributed by atoms with E-state index in [9.17, 15) is 9.59 Å². The molecule has 2 aromatic rings. The summed E-state index contributed by atoms with van der Waals surface area (Å²) < 4.78 is 2.29. The second-order valence-corrected chi connectivity index (χ2v) is 7.20. The summed E-state index contributed by atoms with van der Waals surface area (Å²) >= 11 is 3.37. The summed E-state index contributed by atoms with van der Waals surface area (Å²) in [6.45, 7) is 3.54. The van der Waals surface area contributed by atoms with Gasteiger partial charge in [0.05, 0.1) is 11.9 Å². The highest BCUT2D eigenvalue weighted by Gasteiger charge is 2.26. The van der Waals surface area contributed by atoms with Crippen LogP contribution in [-0.2, 0) is 7.05 Å². The number of hydrogen-bond acceptors (Lipinski definition) is 5. The molecule has 8 nitrogen and oxygen atoms in total. The van der Waals surface area contributed by atoms with E-state index in [1.165, 1.54) is 9.47 Å². The summed E-state index contributed by atoms with van der Waals surface area (Å²) in [5.41, 5.74) is 1.22. The maximum atomic E-state index is 12.2. The molecule has 1 amide bonds. The Morgan fingerprint density at radius 3 is 2.77 bits per heavy atom. The van der Waals surface area contributed by atoms with Crippen molar-refractivity contribution in [2.24, 2.45) is 7.05 Å². The van der Waals surface area contributed by atoms with Gasteiger partial charge in [0.15, 0.2) is 0 Å². The molecule has 26 heavy (non-hydrogen) atoms. The first-order valence-electron chi connectivity index (χ1n) is 8.19. The second-order valence-electron chi connectivity index (χ2n) is 6.29. The lowest BCUT2D eigenvalue weighted by Crippen LogP contribution is -2.53. The number of carboxylic acid groups (broad SMARTS) is 1. The molecule has 0 aromatic carbocycles. The van der Waals surface area contributed by atoms with Gasteiger partial charge in [-0.05, 0) is 41.1 Å². The highest BCUT2D eigenvalue weighted by atomic mass is 79.9. The monoisotopic (exact) mass is 421 g/mol. The molecule has 0 aliphatic carbocycles. The predicted molar refractivity (Wildman–Crippen MR) is 103 cm³/mol. The van der Waals surface area contributed by atoms with Gasteiger partial charge in [-0.2, -0.15) is 0 Å². The minimum Gasteiger partial charge on any atom is -0.465 e. The van der Waals surface area contributed by atoms with Crippen molar-refractivity contribution in [3.63, 3.8) is 0 Å². The molecule has 2 aromatic heterocycles. The van der Waals surface area contributed by atoms with E-state index in [0.717, 1.165) is 10.2 Å². The Morgan fingerprint density at radius 1 is 1.38 bits per heavy atom. The van der Waals surface area contributed by atoms with E-state index in [1.54, 1.807) is 25.5 Å². The lowest BCUT2D eigenvalue weighted by atomic mass is 10.2. The van der Waals surface area contributed by atoms with Crippen LogP contribution in [0.25, 0.3) is 0 Å². The minimum absolute atomic E-state index is 0.0674. The van der Waals surface area contributed by atoms with Gasteiger partial charge in [-0.1, -0.05) is 0 Å². The highest BCUT2D eigenvalue weighted by molar-refractivity contribution is 9.10. The van der Waals surface area contributed by atoms with Gasteiger partial charge in [0.2, 0.25) is 0 Å². The number of amides is 1. The SMILES string of the molecule is CC1CN(C(=O)O)CCN1c1ccc(Nc2cc(Br)cn(C)c2=O)nc1. The van der Waals surface area contributed by atoms with Gasteiger partial charge in [0, 0.05) is 43.4 Å². The molecule has 1 saturated heterocycles. The van der Waals surface area contributed by atoms with E-state index in [-0.39, 0.29) is 11.6 Å². The van der Waals surface area contributed by atoms with Crippen molar-refractivity contribution in [3.8, 4) is 0 Å². The number of rotatable bonds is 3. The molecule has 1 fully saturated rings. The Hall–Kier alpha value is -2.55. The first kappa shape index (κ1) is 18.2. The number of nitrogens with one attached hydrogen (secondary N) is 1. The molecule has 0 bridgehead atoms. The van der Waals surface area contributed by atoms with Crippen molar-refractivity contribution >= 4 is 39.2 Å². The molecule has 0 radical (unpaired) electrons. The van der Waals surface area contributed by atoms with Crippen molar-refractivity contribution in [2.45, 2.75) is 13.0 Å². The average Bonchev–Trinajstić information content (AvgIpc) is 2.60. The molecule has 1 aliphatic heterocycles. The third-order valence-corrected chi connectivity index (χ3v) is 4.82. The molecule has 1 atom stereocenters. The summed E-state index contributed by atoms with van der Waals surface area (Å²) in [7, 11) is 1.69. The van der Waals surface area contributed by atoms with Crippen molar-refractivity contribution < 1.29 is 9.90 Å². The first-order valence-corrected chi connectivity index (χ1v) is 8.98. The average molecular weight is 422 g/mol. The fraction of sp³-hybridized carbons (Fsp3) is 0.353. The molecule has 1 unspecified atom stereocenters. The summed E-state index contributed by atoms with van der Waals surface area (Å²) in [4.78, 5) is 31.2. The first-order chi connectivity index (χ1) is 12.3. The van der Waals surface area contributed by atoms with E-state index >= 15 is 0 Å². The standard InChI is InChI=1S/C17H20BrN5O3/c1-11-9-22(17(25)26)5-6-23(11)13-3-4-15(19-8-13)20-14-7-12(18)10-21(2)16(14)24/h3-4,7-8,10-11H,5-6,9H2,1-2H3,(H,19,20)(H,25,26). The van der Waals surface area contributed by atoms with Gasteiger partial charge in [0.25, 0.3) is 5.56 Å². The fourth-order valence-electron chi connectivity index (χ4n) is 3.04. The van der Waals surface area contributed by atoms with Gasteiger partial charge in [-0.25, -0.2) is 9.78 Å². The van der Waals surface area contributed by atoms with E-state index in [0.29, 0.717) is 31.1 Å². The molecule has 138 valence electrons. The maximum absolute atomic E-state index is 12.2. The van der Waals surface area contributed by atoms with Gasteiger partial charge in [-0.15, -0.1) is 0 Å². The normalized spacial score (nSPS) is 17.3. The van der Waals surface area contributed by atoms with E-state index in [2.05, 4.69) is 31.1 Å². The third kappa shape index (κ3) is 3.82. The zero-order valence-electron chi connectivity index (χ0n) is 14.5. The van der Waals surface area contributed by atoms with E-state index in [4.69, 9.17) is 5.11 Å². The number of carbonyl (C=O) groups is 1. The number of nitrogens with zero attached hydrogens (tertiary/aromatic N) is 4. The third-order valence-electron chi connectivity index (χ3n) is 4.39. The lowest BCUT2D eigenvalue weighted by Gasteiger charge is -2.39. The lowest BCUT2D eigenvalue weighted by molar-refractivity contribution is 0.136. The molecule has 9 heteroatoms. The molecule has 2 N–H and O–H groups in total. The topological polar surface area (TPSA) is 90.7 Å². The summed E-state index contributed by atoms with van der Waals surface area (Å²) in [6.07, 6.45) is 2.55. The Kier molecular flexibility index (Phi) is 5.17. The van der Waals surface area contributed by atoms with Crippen LogP contribution in [-0.4, -0.2) is 51.3 Å². The van der Waals surface area contributed by atoms with Crippen LogP contribution in [0.15, 0.2) is 39.9 Å². The molecule has 0 spiro atoms. The molecule has 3 rings (SSSR count). The molecular formula is C17H20BrN5O3. The van der Waals surface area contributed by atoms with Crippen LogP contribution >= 0.6 is 15.9 Å². The molecule has 0 saturated carbocycles. The number of anilines is 3. The van der Waals surface area contributed by atoms with Crippen LogP contribution in [0, 0.1) is 0 Å². The van der Waals surface area contributed by atoms with E-state index in [1.807, 2.05) is 19.1 Å². The summed E-state index contributed by atoms with van der Waals surface area (Å²) in [6, 6.07) is 5.51. The van der Waals surface area contributed by atoms with Crippen molar-refractivity contribution in [1.29, 1.82) is 0 Å². The zero-order valence-corrected chi connectivity index (χ0v) is 16.1. The van der Waals surface area contributed by atoms with Crippen LogP contribution in [0.3, 0.4) is 0 Å². The Balaban J connectivity index is 1.73. The van der Waals surface area contributed by atoms with Crippen LogP contribution in [0.2, 0.25) is 0 Å². The smallest absolute Gasteiger partial charge is 0.407 e. The van der Waals surface area contributed by atoms with Crippen LogP contribution < -0.4 is 15.8 Å². The largest absolute Gasteiger partial charge is 0.465 e. The quantitative estimate of drug-likeness (QED) is 0.790. The Morgan fingerprint density at radius 2 is 2.15 bits per heavy atom. The molecule has 1 aliphatic rings.